The molecule has 1 N–H and O–H groups in total. The van der Waals surface area contributed by atoms with E-state index in [1.165, 1.54) is 25.0 Å². The molecule has 0 saturated carbocycles. The van der Waals surface area contributed by atoms with Gasteiger partial charge in [0.15, 0.2) is 5.78 Å². The van der Waals surface area contributed by atoms with Crippen molar-refractivity contribution >= 4 is 5.78 Å². The average molecular weight is 310 g/mol. The molecular weight excluding hydrogens is 290 g/mol. The summed E-state index contributed by atoms with van der Waals surface area (Å²) in [5, 5.41) is 9.34. The average Bonchev–Trinajstić information content (AvgIpc) is 3.09. The Morgan fingerprint density at radius 2 is 1.91 bits per heavy atom. The SMILES string of the molecule is O=C(c1ccc(O)cc1)c1[c]cccc1OCCN1CCCC1. The molecule has 2 aromatic carbocycles. The quantitative estimate of drug-likeness (QED) is 0.834. The number of nitrogens with zero attached hydrogens (tertiary/aromatic N) is 1. The van der Waals surface area contributed by atoms with E-state index in [4.69, 9.17) is 4.74 Å². The summed E-state index contributed by atoms with van der Waals surface area (Å²) in [7, 11) is 0. The second-order valence-corrected chi connectivity index (χ2v) is 5.68. The number of carbonyl (C=O) groups is 1. The van der Waals surface area contributed by atoms with Crippen LogP contribution in [-0.4, -0.2) is 42.0 Å². The van der Waals surface area contributed by atoms with Crippen LogP contribution in [0.15, 0.2) is 42.5 Å². The molecule has 1 saturated heterocycles. The van der Waals surface area contributed by atoms with Crippen molar-refractivity contribution in [1.29, 1.82) is 0 Å². The Hall–Kier alpha value is -2.33. The smallest absolute Gasteiger partial charge is 0.197 e. The maximum Gasteiger partial charge on any atom is 0.197 e. The highest BCUT2D eigenvalue weighted by molar-refractivity contribution is 6.10. The van der Waals surface area contributed by atoms with Gasteiger partial charge in [0.1, 0.15) is 18.1 Å². The number of likely N-dealkylation sites (tertiary alicyclic amines) is 1. The standard InChI is InChI=1S/C19H20NO3/c21-16-9-7-15(8-10-16)19(22)17-5-1-2-6-18(17)23-14-13-20-11-3-4-12-20/h1-2,6-10,21H,3-4,11-14H2. The number of phenolic OH excluding ortho intramolecular Hbond substituents is 1. The van der Waals surface area contributed by atoms with Gasteiger partial charge >= 0.3 is 0 Å². The van der Waals surface area contributed by atoms with Crippen molar-refractivity contribution in [2.45, 2.75) is 12.8 Å². The molecule has 0 atom stereocenters. The zero-order chi connectivity index (χ0) is 16.1. The summed E-state index contributed by atoms with van der Waals surface area (Å²) >= 11 is 0. The van der Waals surface area contributed by atoms with Crippen LogP contribution in [0.3, 0.4) is 0 Å². The predicted molar refractivity (Wildman–Crippen MR) is 88.0 cm³/mol. The third-order valence-corrected chi connectivity index (χ3v) is 4.04. The Bertz CT molecular complexity index is 661. The van der Waals surface area contributed by atoms with Gasteiger partial charge in [-0.05, 0) is 62.3 Å². The molecule has 119 valence electrons. The van der Waals surface area contributed by atoms with E-state index in [0.29, 0.717) is 23.5 Å². The van der Waals surface area contributed by atoms with E-state index in [1.54, 1.807) is 24.3 Å². The van der Waals surface area contributed by atoms with Crippen LogP contribution >= 0.6 is 0 Å². The van der Waals surface area contributed by atoms with Gasteiger partial charge in [-0.15, -0.1) is 0 Å². The molecule has 0 amide bonds. The van der Waals surface area contributed by atoms with Gasteiger partial charge in [-0.3, -0.25) is 9.69 Å². The number of aromatic hydroxyl groups is 1. The first kappa shape index (κ1) is 15.6. The number of rotatable bonds is 6. The Balaban J connectivity index is 1.69. The molecule has 0 unspecified atom stereocenters. The van der Waals surface area contributed by atoms with E-state index in [9.17, 15) is 9.90 Å². The van der Waals surface area contributed by atoms with Gasteiger partial charge < -0.3 is 9.84 Å². The van der Waals surface area contributed by atoms with E-state index in [-0.39, 0.29) is 11.5 Å². The van der Waals surface area contributed by atoms with E-state index >= 15 is 0 Å². The summed E-state index contributed by atoms with van der Waals surface area (Å²) in [6.45, 7) is 3.70. The molecule has 3 rings (SSSR count). The maximum atomic E-state index is 12.6. The molecule has 2 aromatic rings. The largest absolute Gasteiger partial charge is 0.508 e. The fraction of sp³-hybridized carbons (Fsp3) is 0.316. The van der Waals surface area contributed by atoms with Crippen molar-refractivity contribution < 1.29 is 14.6 Å². The second-order valence-electron chi connectivity index (χ2n) is 5.68. The third-order valence-electron chi connectivity index (χ3n) is 4.04. The highest BCUT2D eigenvalue weighted by Crippen LogP contribution is 2.22. The van der Waals surface area contributed by atoms with Crippen molar-refractivity contribution in [2.24, 2.45) is 0 Å². The molecule has 1 fully saturated rings. The summed E-state index contributed by atoms with van der Waals surface area (Å²) < 4.78 is 5.82. The predicted octanol–water partition coefficient (Wildman–Crippen LogP) is 2.90. The molecule has 1 heterocycles. The van der Waals surface area contributed by atoms with Crippen LogP contribution in [-0.2, 0) is 0 Å². The monoisotopic (exact) mass is 310 g/mol. The highest BCUT2D eigenvalue weighted by Gasteiger charge is 2.16. The molecule has 4 nitrogen and oxygen atoms in total. The van der Waals surface area contributed by atoms with E-state index in [2.05, 4.69) is 11.0 Å². The second kappa shape index (κ2) is 7.29. The first-order chi connectivity index (χ1) is 11.2. The van der Waals surface area contributed by atoms with Crippen LogP contribution < -0.4 is 4.74 Å². The lowest BCUT2D eigenvalue weighted by Gasteiger charge is -2.16. The number of ether oxygens (including phenoxy) is 1. The zero-order valence-electron chi connectivity index (χ0n) is 13.0. The summed E-state index contributed by atoms with van der Waals surface area (Å²) in [6.07, 6.45) is 2.51. The molecule has 0 spiro atoms. The molecular formula is C19H20NO3. The van der Waals surface area contributed by atoms with Gasteiger partial charge in [0, 0.05) is 12.1 Å². The summed E-state index contributed by atoms with van der Waals surface area (Å²) in [5.41, 5.74) is 0.939. The Morgan fingerprint density at radius 1 is 1.17 bits per heavy atom. The van der Waals surface area contributed by atoms with Crippen molar-refractivity contribution in [3.05, 3.63) is 59.7 Å². The van der Waals surface area contributed by atoms with E-state index < -0.39 is 0 Å². The van der Waals surface area contributed by atoms with Crippen molar-refractivity contribution in [1.82, 2.24) is 4.90 Å². The van der Waals surface area contributed by atoms with Crippen LogP contribution in [0.25, 0.3) is 0 Å². The van der Waals surface area contributed by atoms with Crippen LogP contribution in [0.2, 0.25) is 0 Å². The normalized spacial score (nSPS) is 14.8. The van der Waals surface area contributed by atoms with Crippen molar-refractivity contribution in [3.8, 4) is 11.5 Å². The number of hydrogen-bond donors (Lipinski definition) is 1. The number of carbonyl (C=O) groups excluding carboxylic acids is 1. The number of hydrogen-bond acceptors (Lipinski definition) is 4. The van der Waals surface area contributed by atoms with Crippen LogP contribution in [0.4, 0.5) is 0 Å². The summed E-state index contributed by atoms with van der Waals surface area (Å²) in [6, 6.07) is 14.5. The number of benzene rings is 2. The van der Waals surface area contributed by atoms with Crippen LogP contribution in [0.5, 0.6) is 11.5 Å². The van der Waals surface area contributed by atoms with Crippen LogP contribution in [0.1, 0.15) is 28.8 Å². The van der Waals surface area contributed by atoms with Gasteiger partial charge in [0.2, 0.25) is 0 Å². The fourth-order valence-electron chi connectivity index (χ4n) is 2.77. The lowest BCUT2D eigenvalue weighted by molar-refractivity contribution is 0.103. The number of ketones is 1. The van der Waals surface area contributed by atoms with E-state index in [1.807, 2.05) is 6.07 Å². The molecule has 1 aliphatic heterocycles. The minimum atomic E-state index is -0.151. The summed E-state index contributed by atoms with van der Waals surface area (Å²) in [5.74, 6) is 0.548. The topological polar surface area (TPSA) is 49.8 Å². The molecule has 4 heteroatoms. The fourth-order valence-corrected chi connectivity index (χ4v) is 2.77. The Morgan fingerprint density at radius 3 is 2.65 bits per heavy atom. The Labute approximate surface area is 136 Å². The van der Waals surface area contributed by atoms with Crippen molar-refractivity contribution in [2.75, 3.05) is 26.2 Å². The first-order valence-corrected chi connectivity index (χ1v) is 7.93. The van der Waals surface area contributed by atoms with Crippen LogP contribution in [0, 0.1) is 6.07 Å². The summed E-state index contributed by atoms with van der Waals surface area (Å²) in [4.78, 5) is 15.0. The molecule has 0 aliphatic carbocycles. The maximum absolute atomic E-state index is 12.6. The number of phenols is 1. The minimum Gasteiger partial charge on any atom is -0.508 e. The van der Waals surface area contributed by atoms with E-state index in [0.717, 1.165) is 19.6 Å². The molecule has 1 aliphatic rings. The lowest BCUT2D eigenvalue weighted by Crippen LogP contribution is -2.25. The molecule has 23 heavy (non-hydrogen) atoms. The minimum absolute atomic E-state index is 0.140. The van der Waals surface area contributed by atoms with Gasteiger partial charge in [0.05, 0.1) is 5.56 Å². The molecule has 0 bridgehead atoms. The van der Waals surface area contributed by atoms with Gasteiger partial charge in [-0.1, -0.05) is 12.1 Å². The molecule has 0 aromatic heterocycles. The third kappa shape index (κ3) is 3.90. The highest BCUT2D eigenvalue weighted by atomic mass is 16.5. The lowest BCUT2D eigenvalue weighted by atomic mass is 10.0. The van der Waals surface area contributed by atoms with Gasteiger partial charge in [-0.25, -0.2) is 0 Å². The zero-order valence-corrected chi connectivity index (χ0v) is 13.0. The van der Waals surface area contributed by atoms with Gasteiger partial charge in [0.25, 0.3) is 0 Å². The van der Waals surface area contributed by atoms with Gasteiger partial charge in [-0.2, -0.15) is 0 Å². The van der Waals surface area contributed by atoms with Crippen molar-refractivity contribution in [3.63, 3.8) is 0 Å². The Kier molecular flexibility index (Phi) is 4.93. The first-order valence-electron chi connectivity index (χ1n) is 7.93. The molecule has 1 radical (unpaired) electrons.